The van der Waals surface area contributed by atoms with Crippen LogP contribution >= 0.6 is 24.6 Å². The quantitative estimate of drug-likeness (QED) is 0.782. The highest BCUT2D eigenvalue weighted by atomic mass is 35.5. The molecule has 0 aliphatic rings. The first-order valence-corrected chi connectivity index (χ1v) is 4.42. The molecule has 0 aliphatic heterocycles. The van der Waals surface area contributed by atoms with Crippen LogP contribution in [0.2, 0.25) is 0 Å². The molecular weight excluding hydrogens is 206 g/mol. The Morgan fingerprint density at radius 2 is 2.38 bits per heavy atom. The first kappa shape index (κ1) is 12.4. The average Bonchev–Trinajstić information content (AvgIpc) is 2.36. The lowest BCUT2D eigenvalue weighted by atomic mass is 10.3. The van der Waals surface area contributed by atoms with Crippen molar-refractivity contribution in [1.29, 1.82) is 0 Å². The van der Waals surface area contributed by atoms with E-state index < -0.39 is 0 Å². The topological polar surface area (TPSA) is 43.8 Å². The van der Waals surface area contributed by atoms with Crippen LogP contribution in [0.4, 0.5) is 0 Å². The van der Waals surface area contributed by atoms with Gasteiger partial charge in [-0.25, -0.2) is 4.98 Å². The van der Waals surface area contributed by atoms with Gasteiger partial charge in [0.25, 0.3) is 0 Å². The van der Waals surface area contributed by atoms with E-state index in [4.69, 9.17) is 18.0 Å². The second-order valence-corrected chi connectivity index (χ2v) is 3.27. The Labute approximate surface area is 89.7 Å². The maximum Gasteiger partial charge on any atom is 0.0949 e. The fraction of sp³-hybridized carbons (Fsp3) is 0.500. The van der Waals surface area contributed by atoms with Crippen molar-refractivity contribution in [3.8, 4) is 0 Å². The van der Waals surface area contributed by atoms with Crippen LogP contribution in [0.15, 0.2) is 12.5 Å². The van der Waals surface area contributed by atoms with Crippen LogP contribution in [0.5, 0.6) is 0 Å². The molecule has 0 atom stereocenters. The molecule has 1 aromatic heterocycles. The van der Waals surface area contributed by atoms with E-state index in [1.54, 1.807) is 0 Å². The molecule has 74 valence electrons. The molecule has 1 aromatic rings. The normalized spacial score (nSPS) is 9.31. The monoisotopic (exact) mass is 219 g/mol. The summed E-state index contributed by atoms with van der Waals surface area (Å²) in [5, 5.41) is 0. The minimum Gasteiger partial charge on any atom is -0.393 e. The van der Waals surface area contributed by atoms with Crippen LogP contribution in [-0.2, 0) is 13.0 Å². The highest BCUT2D eigenvalue weighted by Gasteiger charge is 1.98. The van der Waals surface area contributed by atoms with E-state index in [9.17, 15) is 0 Å². The van der Waals surface area contributed by atoms with Crippen LogP contribution < -0.4 is 5.73 Å². The first-order valence-electron chi connectivity index (χ1n) is 4.01. The van der Waals surface area contributed by atoms with Crippen LogP contribution in [0.1, 0.15) is 19.0 Å². The number of rotatable bonds is 4. The summed E-state index contributed by atoms with van der Waals surface area (Å²) in [5.74, 6) is 0. The average molecular weight is 220 g/mol. The van der Waals surface area contributed by atoms with Gasteiger partial charge in [-0.05, 0) is 6.42 Å². The van der Waals surface area contributed by atoms with Gasteiger partial charge in [-0.2, -0.15) is 0 Å². The van der Waals surface area contributed by atoms with E-state index in [0.29, 0.717) is 11.4 Å². The lowest BCUT2D eigenvalue weighted by molar-refractivity contribution is 0.678. The van der Waals surface area contributed by atoms with E-state index in [1.807, 2.05) is 17.1 Å². The molecule has 13 heavy (non-hydrogen) atoms. The second-order valence-electron chi connectivity index (χ2n) is 2.75. The molecule has 1 rings (SSSR count). The van der Waals surface area contributed by atoms with Gasteiger partial charge in [0.2, 0.25) is 0 Å². The van der Waals surface area contributed by atoms with Crippen molar-refractivity contribution in [3.05, 3.63) is 18.2 Å². The van der Waals surface area contributed by atoms with Crippen molar-refractivity contribution in [1.82, 2.24) is 9.55 Å². The van der Waals surface area contributed by atoms with Crippen molar-refractivity contribution in [2.45, 2.75) is 26.3 Å². The highest BCUT2D eigenvalue weighted by molar-refractivity contribution is 7.80. The molecule has 0 aliphatic carbocycles. The molecular formula is C8H14ClN3S. The molecule has 0 aromatic carbocycles. The summed E-state index contributed by atoms with van der Waals surface area (Å²) in [6.07, 6.45) is 5.52. The molecule has 2 N–H and O–H groups in total. The fourth-order valence-corrected chi connectivity index (χ4v) is 1.20. The first-order chi connectivity index (χ1) is 5.72. The summed E-state index contributed by atoms with van der Waals surface area (Å²) in [6, 6.07) is 0. The smallest absolute Gasteiger partial charge is 0.0949 e. The van der Waals surface area contributed by atoms with Crippen molar-refractivity contribution < 1.29 is 0 Å². The Bertz CT molecular complexity index is 272. The van der Waals surface area contributed by atoms with Crippen LogP contribution in [-0.4, -0.2) is 14.5 Å². The number of thiocarbonyl (C=S) groups is 1. The van der Waals surface area contributed by atoms with Crippen molar-refractivity contribution in [2.75, 3.05) is 0 Å². The van der Waals surface area contributed by atoms with Gasteiger partial charge in [-0.3, -0.25) is 0 Å². The minimum atomic E-state index is 0. The van der Waals surface area contributed by atoms with E-state index in [0.717, 1.165) is 18.7 Å². The van der Waals surface area contributed by atoms with Gasteiger partial charge in [0.1, 0.15) is 0 Å². The summed E-state index contributed by atoms with van der Waals surface area (Å²) < 4.78 is 2.05. The van der Waals surface area contributed by atoms with Gasteiger partial charge in [0.05, 0.1) is 17.0 Å². The molecule has 0 amide bonds. The standard InChI is InChI=1S/C8H13N3S.ClH/c1-2-3-11-5-7(10-6-11)4-8(9)12;/h5-6H,2-4H2,1H3,(H2,9,12);1H. The third-order valence-corrected chi connectivity index (χ3v) is 1.67. The number of imidazole rings is 1. The molecule has 0 saturated carbocycles. The molecule has 0 radical (unpaired) electrons. The number of halogens is 1. The Hall–Kier alpha value is -0.610. The molecule has 0 saturated heterocycles. The zero-order chi connectivity index (χ0) is 8.97. The van der Waals surface area contributed by atoms with Gasteiger partial charge in [0, 0.05) is 19.2 Å². The van der Waals surface area contributed by atoms with Crippen LogP contribution in [0, 0.1) is 0 Å². The molecule has 0 unspecified atom stereocenters. The largest absolute Gasteiger partial charge is 0.393 e. The van der Waals surface area contributed by atoms with Gasteiger partial charge in [-0.15, -0.1) is 12.4 Å². The fourth-order valence-electron chi connectivity index (χ4n) is 1.06. The second kappa shape index (κ2) is 5.94. The van der Waals surface area contributed by atoms with E-state index in [2.05, 4.69) is 11.9 Å². The summed E-state index contributed by atoms with van der Waals surface area (Å²) in [5.41, 5.74) is 6.34. The van der Waals surface area contributed by atoms with Crippen molar-refractivity contribution in [3.63, 3.8) is 0 Å². The number of nitrogens with zero attached hydrogens (tertiary/aromatic N) is 2. The van der Waals surface area contributed by atoms with E-state index >= 15 is 0 Å². The van der Waals surface area contributed by atoms with Crippen LogP contribution in [0.25, 0.3) is 0 Å². The third kappa shape index (κ3) is 4.24. The van der Waals surface area contributed by atoms with E-state index in [1.165, 1.54) is 0 Å². The molecule has 5 heteroatoms. The Kier molecular flexibility index (Phi) is 5.66. The molecule has 0 bridgehead atoms. The number of hydrogen-bond acceptors (Lipinski definition) is 2. The van der Waals surface area contributed by atoms with Crippen molar-refractivity contribution >= 4 is 29.6 Å². The predicted molar refractivity (Wildman–Crippen MR) is 60.3 cm³/mol. The Morgan fingerprint density at radius 3 is 2.92 bits per heavy atom. The lowest BCUT2D eigenvalue weighted by Crippen LogP contribution is -2.11. The maximum atomic E-state index is 5.39. The summed E-state index contributed by atoms with van der Waals surface area (Å²) in [6.45, 7) is 3.14. The zero-order valence-electron chi connectivity index (χ0n) is 7.56. The summed E-state index contributed by atoms with van der Waals surface area (Å²) >= 11 is 4.78. The number of aromatic nitrogens is 2. The third-order valence-electron chi connectivity index (χ3n) is 1.52. The molecule has 0 fully saturated rings. The molecule has 1 heterocycles. The predicted octanol–water partition coefficient (Wildman–Crippen LogP) is 1.54. The maximum absolute atomic E-state index is 5.39. The van der Waals surface area contributed by atoms with E-state index in [-0.39, 0.29) is 12.4 Å². The SMILES string of the molecule is CCCn1cnc(CC(N)=S)c1.Cl. The Morgan fingerprint density at radius 1 is 1.69 bits per heavy atom. The van der Waals surface area contributed by atoms with Gasteiger partial charge < -0.3 is 10.3 Å². The van der Waals surface area contributed by atoms with Gasteiger partial charge >= 0.3 is 0 Å². The summed E-state index contributed by atoms with van der Waals surface area (Å²) in [7, 11) is 0. The van der Waals surface area contributed by atoms with Crippen LogP contribution in [0.3, 0.4) is 0 Å². The zero-order valence-corrected chi connectivity index (χ0v) is 9.20. The lowest BCUT2D eigenvalue weighted by Gasteiger charge is -1.95. The van der Waals surface area contributed by atoms with Crippen molar-refractivity contribution in [2.24, 2.45) is 5.73 Å². The minimum absolute atomic E-state index is 0. The number of hydrogen-bond donors (Lipinski definition) is 1. The highest BCUT2D eigenvalue weighted by Crippen LogP contribution is 1.98. The molecule has 0 spiro atoms. The molecule has 3 nitrogen and oxygen atoms in total. The number of aryl methyl sites for hydroxylation is 1. The summed E-state index contributed by atoms with van der Waals surface area (Å²) in [4.78, 5) is 4.67. The Balaban J connectivity index is 0.00000144. The van der Waals surface area contributed by atoms with Gasteiger partial charge in [0.15, 0.2) is 0 Å². The van der Waals surface area contributed by atoms with Gasteiger partial charge in [-0.1, -0.05) is 19.1 Å². The number of nitrogens with two attached hydrogens (primary N) is 1.